The van der Waals surface area contributed by atoms with Crippen LogP contribution in [0.5, 0.6) is 0 Å². The van der Waals surface area contributed by atoms with Crippen molar-refractivity contribution in [2.24, 2.45) is 5.92 Å². The number of aldehydes is 1. The predicted molar refractivity (Wildman–Crippen MR) is 72.2 cm³/mol. The molecule has 0 spiro atoms. The lowest BCUT2D eigenvalue weighted by Gasteiger charge is -2.09. The smallest absolute Gasteiger partial charge is 0.150 e. The molecule has 3 heteroatoms. The maximum absolute atomic E-state index is 10.6. The van der Waals surface area contributed by atoms with Gasteiger partial charge in [0, 0.05) is 20.7 Å². The standard InChI is InChI=1S/C13H15BrOS/c14-12-7-11(8-15)5-6-13(12)16-9-10-3-1-2-4-10/h5-8,10H,1-4,9H2. The Bertz CT molecular complexity index is 372. The van der Waals surface area contributed by atoms with E-state index in [1.165, 1.54) is 36.3 Å². The van der Waals surface area contributed by atoms with Crippen LogP contribution < -0.4 is 0 Å². The summed E-state index contributed by atoms with van der Waals surface area (Å²) in [5.74, 6) is 2.10. The molecule has 0 bridgehead atoms. The predicted octanol–water partition coefficient (Wildman–Crippen LogP) is 4.54. The van der Waals surface area contributed by atoms with Crippen molar-refractivity contribution in [2.45, 2.75) is 30.6 Å². The van der Waals surface area contributed by atoms with Crippen LogP contribution in [-0.2, 0) is 0 Å². The van der Waals surface area contributed by atoms with Crippen LogP contribution in [-0.4, -0.2) is 12.0 Å². The van der Waals surface area contributed by atoms with E-state index in [1.807, 2.05) is 30.0 Å². The first-order valence-corrected chi connectivity index (χ1v) is 7.45. The minimum absolute atomic E-state index is 0.733. The normalized spacial score (nSPS) is 16.6. The summed E-state index contributed by atoms with van der Waals surface area (Å²) in [5, 5.41) is 0. The van der Waals surface area contributed by atoms with E-state index in [-0.39, 0.29) is 0 Å². The lowest BCUT2D eigenvalue weighted by molar-refractivity contribution is 0.112. The van der Waals surface area contributed by atoms with Crippen LogP contribution >= 0.6 is 27.7 Å². The third-order valence-electron chi connectivity index (χ3n) is 3.04. The topological polar surface area (TPSA) is 17.1 Å². The molecule has 86 valence electrons. The van der Waals surface area contributed by atoms with Crippen molar-refractivity contribution < 1.29 is 4.79 Å². The van der Waals surface area contributed by atoms with E-state index in [9.17, 15) is 4.79 Å². The van der Waals surface area contributed by atoms with Crippen LogP contribution in [0.4, 0.5) is 0 Å². The number of benzene rings is 1. The van der Waals surface area contributed by atoms with Gasteiger partial charge in [-0.25, -0.2) is 0 Å². The number of hydrogen-bond donors (Lipinski definition) is 0. The average Bonchev–Trinajstić information content (AvgIpc) is 2.80. The van der Waals surface area contributed by atoms with Gasteiger partial charge in [-0.15, -0.1) is 11.8 Å². The summed E-state index contributed by atoms with van der Waals surface area (Å²) < 4.78 is 1.04. The monoisotopic (exact) mass is 298 g/mol. The summed E-state index contributed by atoms with van der Waals surface area (Å²) in [6, 6.07) is 5.81. The Morgan fingerprint density at radius 3 is 2.75 bits per heavy atom. The van der Waals surface area contributed by atoms with Crippen molar-refractivity contribution in [3.05, 3.63) is 28.2 Å². The molecule has 2 rings (SSSR count). The second-order valence-electron chi connectivity index (χ2n) is 4.27. The van der Waals surface area contributed by atoms with Crippen LogP contribution in [0.2, 0.25) is 0 Å². The molecule has 0 heterocycles. The Morgan fingerprint density at radius 1 is 1.38 bits per heavy atom. The van der Waals surface area contributed by atoms with E-state index < -0.39 is 0 Å². The first-order chi connectivity index (χ1) is 7.79. The molecule has 1 nitrogen and oxygen atoms in total. The number of carbonyl (C=O) groups excluding carboxylic acids is 1. The molecule has 0 saturated heterocycles. The number of halogens is 1. The van der Waals surface area contributed by atoms with Gasteiger partial charge < -0.3 is 0 Å². The molecule has 0 N–H and O–H groups in total. The molecule has 1 aliphatic rings. The second-order valence-corrected chi connectivity index (χ2v) is 6.19. The van der Waals surface area contributed by atoms with Gasteiger partial charge in [-0.3, -0.25) is 4.79 Å². The summed E-state index contributed by atoms with van der Waals surface area (Å²) in [6.45, 7) is 0. The SMILES string of the molecule is O=Cc1ccc(SCC2CCCC2)c(Br)c1. The molecule has 0 atom stereocenters. The molecular formula is C13H15BrOS. The maximum Gasteiger partial charge on any atom is 0.150 e. The highest BCUT2D eigenvalue weighted by molar-refractivity contribution is 9.10. The third kappa shape index (κ3) is 3.11. The lowest BCUT2D eigenvalue weighted by Crippen LogP contribution is -1.96. The van der Waals surface area contributed by atoms with Crippen molar-refractivity contribution in [3.8, 4) is 0 Å². The maximum atomic E-state index is 10.6. The van der Waals surface area contributed by atoms with E-state index in [0.717, 1.165) is 22.2 Å². The molecule has 0 aromatic heterocycles. The molecule has 1 aromatic carbocycles. The minimum atomic E-state index is 0.733. The first-order valence-electron chi connectivity index (χ1n) is 5.67. The summed E-state index contributed by atoms with van der Waals surface area (Å²) in [7, 11) is 0. The van der Waals surface area contributed by atoms with Crippen molar-refractivity contribution in [2.75, 3.05) is 5.75 Å². The van der Waals surface area contributed by atoms with Crippen LogP contribution in [0.1, 0.15) is 36.0 Å². The zero-order valence-electron chi connectivity index (χ0n) is 9.12. The van der Waals surface area contributed by atoms with Crippen LogP contribution in [0.15, 0.2) is 27.6 Å². The summed E-state index contributed by atoms with van der Waals surface area (Å²) in [5.41, 5.74) is 0.733. The van der Waals surface area contributed by atoms with E-state index in [2.05, 4.69) is 15.9 Å². The van der Waals surface area contributed by atoms with Gasteiger partial charge in [0.15, 0.2) is 0 Å². The highest BCUT2D eigenvalue weighted by Gasteiger charge is 2.15. The molecule has 1 saturated carbocycles. The molecule has 1 fully saturated rings. The molecule has 0 unspecified atom stereocenters. The highest BCUT2D eigenvalue weighted by atomic mass is 79.9. The largest absolute Gasteiger partial charge is 0.298 e. The van der Waals surface area contributed by atoms with Crippen LogP contribution in [0, 0.1) is 5.92 Å². The van der Waals surface area contributed by atoms with Gasteiger partial charge in [0.05, 0.1) is 0 Å². The van der Waals surface area contributed by atoms with Gasteiger partial charge >= 0.3 is 0 Å². The Morgan fingerprint density at radius 2 is 2.12 bits per heavy atom. The third-order valence-corrected chi connectivity index (χ3v) is 5.26. The molecule has 1 aliphatic carbocycles. The Hall–Kier alpha value is -0.280. The van der Waals surface area contributed by atoms with Gasteiger partial charge in [0.25, 0.3) is 0 Å². The number of hydrogen-bond acceptors (Lipinski definition) is 2. The lowest BCUT2D eigenvalue weighted by atomic mass is 10.1. The van der Waals surface area contributed by atoms with Gasteiger partial charge in [0.1, 0.15) is 6.29 Å². The minimum Gasteiger partial charge on any atom is -0.298 e. The first kappa shape index (κ1) is 12.2. The molecule has 1 aromatic rings. The molecule has 16 heavy (non-hydrogen) atoms. The molecule has 0 amide bonds. The average molecular weight is 299 g/mol. The Labute approximate surface area is 109 Å². The van der Waals surface area contributed by atoms with Gasteiger partial charge in [-0.2, -0.15) is 0 Å². The van der Waals surface area contributed by atoms with Crippen molar-refractivity contribution in [3.63, 3.8) is 0 Å². The Balaban J connectivity index is 1.95. The van der Waals surface area contributed by atoms with Gasteiger partial charge in [-0.1, -0.05) is 18.9 Å². The van der Waals surface area contributed by atoms with E-state index in [1.54, 1.807) is 0 Å². The number of thioether (sulfide) groups is 1. The fourth-order valence-corrected chi connectivity index (χ4v) is 3.94. The quantitative estimate of drug-likeness (QED) is 0.599. The summed E-state index contributed by atoms with van der Waals surface area (Å²) >= 11 is 5.42. The summed E-state index contributed by atoms with van der Waals surface area (Å²) in [6.07, 6.45) is 6.46. The van der Waals surface area contributed by atoms with E-state index in [4.69, 9.17) is 0 Å². The van der Waals surface area contributed by atoms with Crippen molar-refractivity contribution >= 4 is 34.0 Å². The fraction of sp³-hybridized carbons (Fsp3) is 0.462. The highest BCUT2D eigenvalue weighted by Crippen LogP contribution is 2.34. The molecule has 0 aliphatic heterocycles. The second kappa shape index (κ2) is 5.87. The van der Waals surface area contributed by atoms with Crippen molar-refractivity contribution in [1.82, 2.24) is 0 Å². The fourth-order valence-electron chi connectivity index (χ4n) is 2.09. The van der Waals surface area contributed by atoms with Crippen LogP contribution in [0.25, 0.3) is 0 Å². The number of rotatable bonds is 4. The van der Waals surface area contributed by atoms with Gasteiger partial charge in [0.2, 0.25) is 0 Å². The summed E-state index contributed by atoms with van der Waals surface area (Å²) in [4.78, 5) is 11.9. The Kier molecular flexibility index (Phi) is 4.47. The van der Waals surface area contributed by atoms with Crippen molar-refractivity contribution in [1.29, 1.82) is 0 Å². The van der Waals surface area contributed by atoms with E-state index in [0.29, 0.717) is 0 Å². The van der Waals surface area contributed by atoms with Crippen LogP contribution in [0.3, 0.4) is 0 Å². The zero-order chi connectivity index (χ0) is 11.4. The number of carbonyl (C=O) groups is 1. The van der Waals surface area contributed by atoms with E-state index >= 15 is 0 Å². The molecular weight excluding hydrogens is 284 g/mol. The van der Waals surface area contributed by atoms with Gasteiger partial charge in [-0.05, 0) is 46.8 Å². The zero-order valence-corrected chi connectivity index (χ0v) is 11.5. The molecule has 0 radical (unpaired) electrons.